The summed E-state index contributed by atoms with van der Waals surface area (Å²) in [5, 5.41) is 14.2. The second-order valence-electron chi connectivity index (χ2n) is 7.47. The van der Waals surface area contributed by atoms with Gasteiger partial charge < -0.3 is 10.1 Å². The van der Waals surface area contributed by atoms with Crippen LogP contribution in [0.15, 0.2) is 66.7 Å². The van der Waals surface area contributed by atoms with Gasteiger partial charge in [0.05, 0.1) is 10.6 Å². The molecule has 1 saturated heterocycles. The molecule has 9 nitrogen and oxygen atoms in total. The molecule has 0 atom stereocenters. The van der Waals surface area contributed by atoms with E-state index in [1.165, 1.54) is 47.4 Å². The number of halogens is 1. The van der Waals surface area contributed by atoms with E-state index >= 15 is 0 Å². The Hall–Kier alpha value is -4.24. The van der Waals surface area contributed by atoms with Crippen molar-refractivity contribution >= 4 is 46.4 Å². The monoisotopic (exact) mass is 479 g/mol. The smallest absolute Gasteiger partial charge is 0.313 e. The van der Waals surface area contributed by atoms with E-state index in [0.29, 0.717) is 42.0 Å². The average Bonchev–Trinajstić information content (AvgIpc) is 2.81. The zero-order valence-corrected chi connectivity index (χ0v) is 18.4. The van der Waals surface area contributed by atoms with E-state index in [9.17, 15) is 24.5 Å². The van der Waals surface area contributed by atoms with Crippen molar-refractivity contribution in [2.24, 2.45) is 0 Å². The predicted octanol–water partition coefficient (Wildman–Crippen LogP) is 5.34. The van der Waals surface area contributed by atoms with Crippen LogP contribution in [0.25, 0.3) is 0 Å². The van der Waals surface area contributed by atoms with Gasteiger partial charge in [0.2, 0.25) is 17.6 Å². The van der Waals surface area contributed by atoms with E-state index in [1.54, 1.807) is 24.3 Å². The summed E-state index contributed by atoms with van der Waals surface area (Å²) >= 11 is 5.81. The van der Waals surface area contributed by atoms with Gasteiger partial charge in [0.1, 0.15) is 5.75 Å². The molecule has 34 heavy (non-hydrogen) atoms. The van der Waals surface area contributed by atoms with Crippen LogP contribution in [0.2, 0.25) is 5.02 Å². The molecule has 3 aromatic rings. The van der Waals surface area contributed by atoms with Gasteiger partial charge >= 0.3 is 5.69 Å². The summed E-state index contributed by atoms with van der Waals surface area (Å²) in [6.45, 7) is 0. The SMILES string of the molecule is O=C(Nc1ccc(N2C(=O)CCCC2=O)cc1)c1ccc(Oc2ccc(Cl)cc2[N+](=O)[O-])cc1. The van der Waals surface area contributed by atoms with Crippen molar-refractivity contribution in [2.45, 2.75) is 19.3 Å². The number of carbonyl (C=O) groups excluding carboxylic acids is 3. The molecule has 0 saturated carbocycles. The molecule has 0 aromatic heterocycles. The fraction of sp³-hybridized carbons (Fsp3) is 0.125. The number of nitrogens with one attached hydrogen (secondary N) is 1. The first-order valence-electron chi connectivity index (χ1n) is 10.3. The molecule has 1 heterocycles. The lowest BCUT2D eigenvalue weighted by Gasteiger charge is -2.24. The molecule has 172 valence electrons. The van der Waals surface area contributed by atoms with Crippen LogP contribution in [-0.4, -0.2) is 22.6 Å². The van der Waals surface area contributed by atoms with Gasteiger partial charge in [0.15, 0.2) is 0 Å². The zero-order chi connectivity index (χ0) is 24.2. The van der Waals surface area contributed by atoms with Gasteiger partial charge in [-0.25, -0.2) is 0 Å². The molecule has 1 N–H and O–H groups in total. The molecule has 4 rings (SSSR count). The van der Waals surface area contributed by atoms with E-state index in [4.69, 9.17) is 16.3 Å². The van der Waals surface area contributed by atoms with Gasteiger partial charge in [-0.2, -0.15) is 0 Å². The minimum Gasteiger partial charge on any atom is -0.450 e. The third-order valence-corrected chi connectivity index (χ3v) is 5.36. The third-order valence-electron chi connectivity index (χ3n) is 5.13. The van der Waals surface area contributed by atoms with Gasteiger partial charge in [-0.15, -0.1) is 0 Å². The Morgan fingerprint density at radius 1 is 0.971 bits per heavy atom. The van der Waals surface area contributed by atoms with E-state index < -0.39 is 4.92 Å². The lowest BCUT2D eigenvalue weighted by atomic mass is 10.1. The molecule has 0 radical (unpaired) electrons. The van der Waals surface area contributed by atoms with Gasteiger partial charge in [-0.1, -0.05) is 11.6 Å². The fourth-order valence-corrected chi connectivity index (χ4v) is 3.63. The van der Waals surface area contributed by atoms with Crippen LogP contribution < -0.4 is 15.0 Å². The summed E-state index contributed by atoms with van der Waals surface area (Å²) in [6.07, 6.45) is 1.22. The standard InChI is InChI=1S/C24H18ClN3O6/c25-16-6-13-21(20(14-16)28(32)33)34-19-11-4-15(5-12-19)24(31)26-17-7-9-18(10-8-17)27-22(29)2-1-3-23(27)30/h4-14H,1-3H2,(H,26,31). The van der Waals surface area contributed by atoms with Crippen LogP contribution in [-0.2, 0) is 9.59 Å². The lowest BCUT2D eigenvalue weighted by molar-refractivity contribution is -0.385. The number of nitro benzene ring substituents is 1. The maximum absolute atomic E-state index is 12.6. The number of rotatable bonds is 6. The first-order chi connectivity index (χ1) is 16.3. The Labute approximate surface area is 199 Å². The quantitative estimate of drug-likeness (QED) is 0.289. The number of ether oxygens (including phenoxy) is 1. The number of anilines is 2. The Balaban J connectivity index is 1.42. The fourth-order valence-electron chi connectivity index (χ4n) is 3.46. The molecule has 1 fully saturated rings. The molecule has 1 aliphatic rings. The van der Waals surface area contributed by atoms with Crippen molar-refractivity contribution in [3.8, 4) is 11.5 Å². The van der Waals surface area contributed by atoms with Gasteiger partial charge in [-0.3, -0.25) is 29.4 Å². The molecule has 0 unspecified atom stereocenters. The number of nitro groups is 1. The number of nitrogens with zero attached hydrogens (tertiary/aromatic N) is 2. The highest BCUT2D eigenvalue weighted by Gasteiger charge is 2.27. The summed E-state index contributed by atoms with van der Waals surface area (Å²) in [7, 11) is 0. The summed E-state index contributed by atoms with van der Waals surface area (Å²) < 4.78 is 5.58. The Morgan fingerprint density at radius 2 is 1.62 bits per heavy atom. The number of amides is 3. The Kier molecular flexibility index (Phi) is 6.55. The second-order valence-corrected chi connectivity index (χ2v) is 7.91. The number of hydrogen-bond donors (Lipinski definition) is 1. The Bertz CT molecular complexity index is 1260. The zero-order valence-electron chi connectivity index (χ0n) is 17.7. The first kappa shape index (κ1) is 22.9. The topological polar surface area (TPSA) is 119 Å². The van der Waals surface area contributed by atoms with Crippen molar-refractivity contribution in [1.29, 1.82) is 0 Å². The molecule has 3 amide bonds. The molecule has 10 heteroatoms. The highest BCUT2D eigenvalue weighted by atomic mass is 35.5. The van der Waals surface area contributed by atoms with Crippen LogP contribution >= 0.6 is 11.6 Å². The number of benzene rings is 3. The predicted molar refractivity (Wildman–Crippen MR) is 125 cm³/mol. The van der Waals surface area contributed by atoms with E-state index in [2.05, 4.69) is 5.32 Å². The minimum atomic E-state index is -0.592. The second kappa shape index (κ2) is 9.72. The minimum absolute atomic E-state index is 0.0253. The maximum Gasteiger partial charge on any atom is 0.313 e. The number of carbonyl (C=O) groups is 3. The Morgan fingerprint density at radius 3 is 2.24 bits per heavy atom. The molecule has 0 aliphatic carbocycles. The van der Waals surface area contributed by atoms with Crippen LogP contribution in [0.4, 0.5) is 17.1 Å². The summed E-state index contributed by atoms with van der Waals surface area (Å²) in [4.78, 5) is 48.5. The lowest BCUT2D eigenvalue weighted by Crippen LogP contribution is -2.40. The molecule has 3 aromatic carbocycles. The van der Waals surface area contributed by atoms with Crippen LogP contribution in [0.5, 0.6) is 11.5 Å². The first-order valence-corrected chi connectivity index (χ1v) is 10.7. The van der Waals surface area contributed by atoms with E-state index in [1.807, 2.05) is 0 Å². The van der Waals surface area contributed by atoms with Crippen molar-refractivity contribution in [3.63, 3.8) is 0 Å². The van der Waals surface area contributed by atoms with Crippen LogP contribution in [0.3, 0.4) is 0 Å². The molecule has 0 bridgehead atoms. The van der Waals surface area contributed by atoms with Crippen molar-refractivity contribution in [1.82, 2.24) is 0 Å². The number of imide groups is 1. The third kappa shape index (κ3) is 5.05. The maximum atomic E-state index is 12.6. The average molecular weight is 480 g/mol. The number of hydrogen-bond acceptors (Lipinski definition) is 6. The summed E-state index contributed by atoms with van der Waals surface area (Å²) in [5.41, 5.74) is 1.02. The molecular weight excluding hydrogens is 462 g/mol. The van der Waals surface area contributed by atoms with E-state index in [-0.39, 0.29) is 34.2 Å². The van der Waals surface area contributed by atoms with Gasteiger partial charge in [-0.05, 0) is 67.1 Å². The molecular formula is C24H18ClN3O6. The van der Waals surface area contributed by atoms with E-state index in [0.717, 1.165) is 0 Å². The highest BCUT2D eigenvalue weighted by Crippen LogP contribution is 2.33. The number of piperidine rings is 1. The normalized spacial score (nSPS) is 13.5. The summed E-state index contributed by atoms with van der Waals surface area (Å²) in [5.74, 6) is -0.528. The van der Waals surface area contributed by atoms with Crippen LogP contribution in [0, 0.1) is 10.1 Å². The largest absolute Gasteiger partial charge is 0.450 e. The highest BCUT2D eigenvalue weighted by molar-refractivity contribution is 6.30. The molecule has 1 aliphatic heterocycles. The van der Waals surface area contributed by atoms with Gasteiger partial charge in [0, 0.05) is 35.2 Å². The van der Waals surface area contributed by atoms with Gasteiger partial charge in [0.25, 0.3) is 5.91 Å². The van der Waals surface area contributed by atoms with Crippen molar-refractivity contribution in [2.75, 3.05) is 10.2 Å². The van der Waals surface area contributed by atoms with Crippen molar-refractivity contribution < 1.29 is 24.0 Å². The van der Waals surface area contributed by atoms with Crippen LogP contribution in [0.1, 0.15) is 29.6 Å². The van der Waals surface area contributed by atoms with Crippen molar-refractivity contribution in [3.05, 3.63) is 87.4 Å². The summed E-state index contributed by atoms with van der Waals surface area (Å²) in [6, 6.07) is 16.6. The molecule has 0 spiro atoms.